The van der Waals surface area contributed by atoms with Crippen molar-refractivity contribution in [3.05, 3.63) is 11.6 Å². The highest BCUT2D eigenvalue weighted by atomic mass is 35.5. The molecule has 4 bridgehead atoms. The molecule has 0 nitrogen and oxygen atoms in total. The van der Waals surface area contributed by atoms with Crippen molar-refractivity contribution in [3.8, 4) is 0 Å². The average Bonchev–Trinajstić information content (AvgIpc) is 2.00. The van der Waals surface area contributed by atoms with Crippen LogP contribution < -0.4 is 0 Å². The molecule has 0 aliphatic heterocycles. The Labute approximate surface area is 85.3 Å². The minimum Gasteiger partial charge on any atom is -0.114 e. The Morgan fingerprint density at radius 3 is 2.31 bits per heavy atom. The predicted octanol–water partition coefficient (Wildman–Crippen LogP) is 3.75. The van der Waals surface area contributed by atoms with E-state index in [1.54, 1.807) is 5.57 Å². The van der Waals surface area contributed by atoms with Crippen molar-refractivity contribution in [2.24, 2.45) is 17.8 Å². The first-order valence-electron chi connectivity index (χ1n) is 5.57. The van der Waals surface area contributed by atoms with E-state index in [0.717, 1.165) is 17.8 Å². The monoisotopic (exact) mass is 196 g/mol. The molecule has 4 aliphatic carbocycles. The third-order valence-electron chi connectivity index (χ3n) is 4.40. The van der Waals surface area contributed by atoms with Crippen molar-refractivity contribution in [3.63, 3.8) is 0 Å². The highest BCUT2D eigenvalue weighted by molar-refractivity contribution is 6.26. The molecule has 4 fully saturated rings. The summed E-state index contributed by atoms with van der Waals surface area (Å²) < 4.78 is 0. The third kappa shape index (κ3) is 1.05. The SMILES string of the molecule is C/C=C1\C2C[C@@H]3C[C@H](C2)CC1(Cl)C3. The fourth-order valence-corrected chi connectivity index (χ4v) is 4.95. The van der Waals surface area contributed by atoms with E-state index in [0.29, 0.717) is 0 Å². The number of halogens is 1. The Morgan fingerprint density at radius 2 is 1.85 bits per heavy atom. The molecule has 4 aliphatic rings. The van der Waals surface area contributed by atoms with Gasteiger partial charge in [0, 0.05) is 0 Å². The lowest BCUT2D eigenvalue weighted by atomic mass is 9.54. The summed E-state index contributed by atoms with van der Waals surface area (Å²) in [5.41, 5.74) is 1.58. The summed E-state index contributed by atoms with van der Waals surface area (Å²) in [5.74, 6) is 2.77. The molecule has 2 unspecified atom stereocenters. The van der Waals surface area contributed by atoms with Gasteiger partial charge in [-0.3, -0.25) is 0 Å². The Balaban J connectivity index is 2.03. The highest BCUT2D eigenvalue weighted by Crippen LogP contribution is 2.60. The van der Waals surface area contributed by atoms with E-state index >= 15 is 0 Å². The molecule has 4 atom stereocenters. The lowest BCUT2D eigenvalue weighted by Crippen LogP contribution is -2.49. The molecular weight excluding hydrogens is 180 g/mol. The maximum Gasteiger partial charge on any atom is 0.0663 e. The van der Waals surface area contributed by atoms with Gasteiger partial charge >= 0.3 is 0 Å². The van der Waals surface area contributed by atoms with Crippen molar-refractivity contribution in [2.45, 2.75) is 43.9 Å². The zero-order valence-electron chi connectivity index (χ0n) is 8.22. The van der Waals surface area contributed by atoms with Crippen LogP contribution in [0.3, 0.4) is 0 Å². The van der Waals surface area contributed by atoms with Crippen LogP contribution in [0, 0.1) is 17.8 Å². The van der Waals surface area contributed by atoms with E-state index in [1.807, 2.05) is 0 Å². The van der Waals surface area contributed by atoms with Gasteiger partial charge < -0.3 is 0 Å². The van der Waals surface area contributed by atoms with Crippen LogP contribution in [0.5, 0.6) is 0 Å². The molecule has 4 saturated carbocycles. The predicted molar refractivity (Wildman–Crippen MR) is 55.9 cm³/mol. The van der Waals surface area contributed by atoms with E-state index in [1.165, 1.54) is 32.1 Å². The Bertz CT molecular complexity index is 252. The van der Waals surface area contributed by atoms with E-state index in [2.05, 4.69) is 13.0 Å². The van der Waals surface area contributed by atoms with Gasteiger partial charge in [-0.15, -0.1) is 11.6 Å². The molecule has 0 aromatic rings. The summed E-state index contributed by atoms with van der Waals surface area (Å²) >= 11 is 6.73. The van der Waals surface area contributed by atoms with Gasteiger partial charge in [0.2, 0.25) is 0 Å². The number of hydrogen-bond acceptors (Lipinski definition) is 0. The van der Waals surface area contributed by atoms with Crippen molar-refractivity contribution in [1.29, 1.82) is 0 Å². The molecule has 1 heteroatoms. The highest BCUT2D eigenvalue weighted by Gasteiger charge is 2.52. The standard InChI is InChI=1S/C12H17Cl/c1-2-11-10-4-8-3-9(5-10)7-12(11,13)6-8/h2,8-10H,3-7H2,1H3/b11-2+/t8-,9+,10?,12?. The molecule has 72 valence electrons. The summed E-state index contributed by atoms with van der Waals surface area (Å²) in [6, 6.07) is 0. The summed E-state index contributed by atoms with van der Waals surface area (Å²) in [7, 11) is 0. The van der Waals surface area contributed by atoms with Gasteiger partial charge in [0.1, 0.15) is 0 Å². The van der Waals surface area contributed by atoms with Crippen LogP contribution in [0.15, 0.2) is 11.6 Å². The van der Waals surface area contributed by atoms with E-state index < -0.39 is 0 Å². The number of hydrogen-bond donors (Lipinski definition) is 0. The summed E-state index contributed by atoms with van der Waals surface area (Å²) in [4.78, 5) is 0.101. The molecule has 0 spiro atoms. The number of rotatable bonds is 0. The van der Waals surface area contributed by atoms with Gasteiger partial charge in [-0.1, -0.05) is 11.6 Å². The largest absolute Gasteiger partial charge is 0.114 e. The van der Waals surface area contributed by atoms with E-state index in [4.69, 9.17) is 11.6 Å². The normalized spacial score (nSPS) is 56.2. The van der Waals surface area contributed by atoms with Gasteiger partial charge in [0.25, 0.3) is 0 Å². The second-order valence-corrected chi connectivity index (χ2v) is 5.98. The maximum atomic E-state index is 6.73. The van der Waals surface area contributed by atoms with Crippen LogP contribution in [0.4, 0.5) is 0 Å². The average molecular weight is 197 g/mol. The molecule has 0 aromatic heterocycles. The topological polar surface area (TPSA) is 0 Å². The van der Waals surface area contributed by atoms with Crippen LogP contribution in [0.25, 0.3) is 0 Å². The molecule has 0 radical (unpaired) electrons. The first-order valence-corrected chi connectivity index (χ1v) is 5.94. The first kappa shape index (κ1) is 8.35. The molecule has 13 heavy (non-hydrogen) atoms. The zero-order chi connectivity index (χ0) is 9.05. The second-order valence-electron chi connectivity index (χ2n) is 5.25. The number of alkyl halides is 1. The molecule has 0 saturated heterocycles. The Kier molecular flexibility index (Phi) is 1.63. The zero-order valence-corrected chi connectivity index (χ0v) is 8.98. The Hall–Kier alpha value is 0.0300. The van der Waals surface area contributed by atoms with Gasteiger partial charge in [-0.05, 0) is 56.8 Å². The van der Waals surface area contributed by atoms with Gasteiger partial charge in [0.05, 0.1) is 4.87 Å². The van der Waals surface area contributed by atoms with Crippen molar-refractivity contribution in [2.75, 3.05) is 0 Å². The summed E-state index contributed by atoms with van der Waals surface area (Å²) in [6.07, 6.45) is 9.18. The van der Waals surface area contributed by atoms with E-state index in [9.17, 15) is 0 Å². The van der Waals surface area contributed by atoms with Gasteiger partial charge in [-0.25, -0.2) is 0 Å². The molecule has 0 N–H and O–H groups in total. The second kappa shape index (κ2) is 2.53. The maximum absolute atomic E-state index is 6.73. The minimum absolute atomic E-state index is 0.101. The molecule has 4 rings (SSSR count). The molecular formula is C12H17Cl. The van der Waals surface area contributed by atoms with Crippen molar-refractivity contribution in [1.82, 2.24) is 0 Å². The van der Waals surface area contributed by atoms with Crippen LogP contribution >= 0.6 is 11.6 Å². The quantitative estimate of drug-likeness (QED) is 0.409. The lowest BCUT2D eigenvalue weighted by molar-refractivity contribution is 0.0826. The first-order chi connectivity index (χ1) is 6.21. The van der Waals surface area contributed by atoms with Crippen LogP contribution in [0.1, 0.15) is 39.0 Å². The number of allylic oxidation sites excluding steroid dienone is 2. The third-order valence-corrected chi connectivity index (χ3v) is 4.92. The fourth-order valence-electron chi connectivity index (χ4n) is 4.25. The fraction of sp³-hybridized carbons (Fsp3) is 0.833. The van der Waals surface area contributed by atoms with Crippen LogP contribution in [-0.2, 0) is 0 Å². The Morgan fingerprint density at radius 1 is 1.23 bits per heavy atom. The smallest absolute Gasteiger partial charge is 0.0663 e. The van der Waals surface area contributed by atoms with E-state index in [-0.39, 0.29) is 4.87 Å². The van der Waals surface area contributed by atoms with Crippen LogP contribution in [-0.4, -0.2) is 4.87 Å². The van der Waals surface area contributed by atoms with Crippen molar-refractivity contribution >= 4 is 11.6 Å². The van der Waals surface area contributed by atoms with Gasteiger partial charge in [-0.2, -0.15) is 0 Å². The summed E-state index contributed by atoms with van der Waals surface area (Å²) in [6.45, 7) is 2.17. The minimum atomic E-state index is 0.101. The lowest BCUT2D eigenvalue weighted by Gasteiger charge is -2.55. The summed E-state index contributed by atoms with van der Waals surface area (Å²) in [5, 5.41) is 0. The molecule has 0 heterocycles. The van der Waals surface area contributed by atoms with Crippen LogP contribution in [0.2, 0.25) is 0 Å². The molecule has 0 aromatic carbocycles. The molecule has 0 amide bonds. The van der Waals surface area contributed by atoms with Gasteiger partial charge in [0.15, 0.2) is 0 Å². The van der Waals surface area contributed by atoms with Crippen molar-refractivity contribution < 1.29 is 0 Å².